The van der Waals surface area contributed by atoms with Crippen molar-refractivity contribution >= 4 is 21.8 Å². The highest BCUT2D eigenvalue weighted by Gasteiger charge is 2.30. The predicted octanol–water partition coefficient (Wildman–Crippen LogP) is 2.81. The first kappa shape index (κ1) is 14.2. The van der Waals surface area contributed by atoms with E-state index in [2.05, 4.69) is 36.4 Å². The Labute approximate surface area is 130 Å². The fraction of sp³-hybridized carbons (Fsp3) is 0.429. The molecule has 0 saturated heterocycles. The monoisotopic (exact) mass is 350 g/mol. The Morgan fingerprint density at radius 2 is 2.29 bits per heavy atom. The van der Waals surface area contributed by atoms with Gasteiger partial charge in [-0.2, -0.15) is 4.98 Å². The average Bonchev–Trinajstić information content (AvgIpc) is 3.17. The van der Waals surface area contributed by atoms with E-state index in [1.165, 1.54) is 12.8 Å². The second-order valence-electron chi connectivity index (χ2n) is 5.22. The summed E-state index contributed by atoms with van der Waals surface area (Å²) in [7, 11) is 0. The van der Waals surface area contributed by atoms with E-state index in [0.29, 0.717) is 27.9 Å². The van der Waals surface area contributed by atoms with Crippen LogP contribution in [0.1, 0.15) is 47.5 Å². The Morgan fingerprint density at radius 1 is 1.48 bits per heavy atom. The molecular weight excluding hydrogens is 336 g/mol. The summed E-state index contributed by atoms with van der Waals surface area (Å²) in [5.74, 6) is 1.43. The number of hydrogen-bond acceptors (Lipinski definition) is 5. The van der Waals surface area contributed by atoms with Crippen LogP contribution in [0.25, 0.3) is 0 Å². The van der Waals surface area contributed by atoms with Crippen LogP contribution in [0.5, 0.6) is 0 Å². The maximum Gasteiger partial charge on any atom is 0.270 e. The van der Waals surface area contributed by atoms with Crippen LogP contribution in [0.15, 0.2) is 27.3 Å². The molecule has 1 atom stereocenters. The van der Waals surface area contributed by atoms with Crippen molar-refractivity contribution in [1.82, 2.24) is 20.4 Å². The predicted molar refractivity (Wildman–Crippen MR) is 78.5 cm³/mol. The number of pyridine rings is 1. The molecule has 0 radical (unpaired) electrons. The minimum absolute atomic E-state index is 0.232. The Balaban J connectivity index is 1.75. The number of carbonyl (C=O) groups is 1. The second kappa shape index (κ2) is 5.93. The zero-order valence-electron chi connectivity index (χ0n) is 11.5. The maximum absolute atomic E-state index is 12.3. The van der Waals surface area contributed by atoms with E-state index in [4.69, 9.17) is 4.52 Å². The Morgan fingerprint density at radius 3 is 2.90 bits per heavy atom. The number of carbonyl (C=O) groups excluding carboxylic acids is 1. The standard InChI is InChI=1S/C14H15BrN4O2/c1-8-16-13(19-21-8)11(7-9-5-6-9)18-14(20)10-3-2-4-12(15)17-10/h2-4,9,11H,5-7H2,1H3,(H,18,20)/t11-/m0/s1. The molecule has 1 amide bonds. The van der Waals surface area contributed by atoms with E-state index < -0.39 is 0 Å². The van der Waals surface area contributed by atoms with E-state index in [1.54, 1.807) is 25.1 Å². The lowest BCUT2D eigenvalue weighted by Crippen LogP contribution is -2.30. The SMILES string of the molecule is Cc1nc([C@H](CC2CC2)NC(=O)c2cccc(Br)n2)no1. The molecule has 2 aromatic rings. The first-order valence-corrected chi connectivity index (χ1v) is 7.65. The number of aromatic nitrogens is 3. The Bertz CT molecular complexity index is 654. The van der Waals surface area contributed by atoms with Crippen molar-refractivity contribution in [3.63, 3.8) is 0 Å². The topological polar surface area (TPSA) is 80.9 Å². The van der Waals surface area contributed by atoms with E-state index in [-0.39, 0.29) is 11.9 Å². The third-order valence-electron chi connectivity index (χ3n) is 3.37. The fourth-order valence-electron chi connectivity index (χ4n) is 2.14. The molecule has 2 heterocycles. The number of nitrogens with one attached hydrogen (secondary N) is 1. The van der Waals surface area contributed by atoms with Crippen LogP contribution in [-0.4, -0.2) is 21.0 Å². The molecule has 2 aromatic heterocycles. The van der Waals surface area contributed by atoms with Gasteiger partial charge in [0.05, 0.1) is 6.04 Å². The molecule has 1 aliphatic rings. The largest absolute Gasteiger partial charge is 0.341 e. The average molecular weight is 351 g/mol. The summed E-state index contributed by atoms with van der Waals surface area (Å²) in [6.07, 6.45) is 3.22. The highest BCUT2D eigenvalue weighted by molar-refractivity contribution is 9.10. The van der Waals surface area contributed by atoms with Gasteiger partial charge in [0.2, 0.25) is 5.89 Å². The first-order chi connectivity index (χ1) is 10.1. The summed E-state index contributed by atoms with van der Waals surface area (Å²) >= 11 is 3.26. The molecule has 1 N–H and O–H groups in total. The fourth-order valence-corrected chi connectivity index (χ4v) is 2.48. The molecule has 1 saturated carbocycles. The van der Waals surface area contributed by atoms with Gasteiger partial charge in [0.15, 0.2) is 5.82 Å². The minimum atomic E-state index is -0.233. The van der Waals surface area contributed by atoms with Gasteiger partial charge in [0, 0.05) is 6.92 Å². The van der Waals surface area contributed by atoms with Gasteiger partial charge in [0.25, 0.3) is 5.91 Å². The minimum Gasteiger partial charge on any atom is -0.341 e. The zero-order valence-corrected chi connectivity index (χ0v) is 13.1. The molecule has 0 aromatic carbocycles. The van der Waals surface area contributed by atoms with Gasteiger partial charge in [-0.05, 0) is 40.4 Å². The molecule has 1 fully saturated rings. The van der Waals surface area contributed by atoms with Crippen molar-refractivity contribution in [1.29, 1.82) is 0 Å². The smallest absolute Gasteiger partial charge is 0.270 e. The van der Waals surface area contributed by atoms with Crippen LogP contribution < -0.4 is 5.32 Å². The van der Waals surface area contributed by atoms with Crippen LogP contribution in [0.2, 0.25) is 0 Å². The van der Waals surface area contributed by atoms with Crippen molar-refractivity contribution in [2.24, 2.45) is 5.92 Å². The van der Waals surface area contributed by atoms with Gasteiger partial charge in [-0.15, -0.1) is 0 Å². The van der Waals surface area contributed by atoms with Crippen LogP contribution in [-0.2, 0) is 0 Å². The highest BCUT2D eigenvalue weighted by atomic mass is 79.9. The van der Waals surface area contributed by atoms with Crippen LogP contribution >= 0.6 is 15.9 Å². The summed E-state index contributed by atoms with van der Waals surface area (Å²) < 4.78 is 5.65. The molecular formula is C14H15BrN4O2. The van der Waals surface area contributed by atoms with Crippen molar-refractivity contribution in [3.8, 4) is 0 Å². The Hall–Kier alpha value is -1.76. The van der Waals surface area contributed by atoms with Crippen molar-refractivity contribution in [2.45, 2.75) is 32.2 Å². The van der Waals surface area contributed by atoms with E-state index in [1.807, 2.05) is 0 Å². The summed E-state index contributed by atoms with van der Waals surface area (Å²) in [5.41, 5.74) is 0.366. The molecule has 0 aliphatic heterocycles. The highest BCUT2D eigenvalue weighted by Crippen LogP contribution is 2.37. The summed E-state index contributed by atoms with van der Waals surface area (Å²) in [4.78, 5) is 20.7. The number of rotatable bonds is 5. The number of hydrogen-bond donors (Lipinski definition) is 1. The summed E-state index contributed by atoms with van der Waals surface area (Å²) in [5, 5.41) is 6.88. The number of amides is 1. The van der Waals surface area contributed by atoms with Gasteiger partial charge < -0.3 is 9.84 Å². The van der Waals surface area contributed by atoms with E-state index in [9.17, 15) is 4.79 Å². The number of nitrogens with zero attached hydrogens (tertiary/aromatic N) is 3. The van der Waals surface area contributed by atoms with Crippen molar-refractivity contribution in [2.75, 3.05) is 0 Å². The Kier molecular flexibility index (Phi) is 4.01. The molecule has 1 aliphatic carbocycles. The summed E-state index contributed by atoms with van der Waals surface area (Å²) in [6.45, 7) is 1.74. The molecule has 7 heteroatoms. The lowest BCUT2D eigenvalue weighted by atomic mass is 10.1. The maximum atomic E-state index is 12.3. The van der Waals surface area contributed by atoms with Crippen molar-refractivity contribution in [3.05, 3.63) is 40.2 Å². The van der Waals surface area contributed by atoms with E-state index in [0.717, 1.165) is 6.42 Å². The third-order valence-corrected chi connectivity index (χ3v) is 3.82. The van der Waals surface area contributed by atoms with Crippen LogP contribution in [0.3, 0.4) is 0 Å². The van der Waals surface area contributed by atoms with Crippen LogP contribution in [0, 0.1) is 12.8 Å². The van der Waals surface area contributed by atoms with Crippen LogP contribution in [0.4, 0.5) is 0 Å². The van der Waals surface area contributed by atoms with Gasteiger partial charge in [-0.25, -0.2) is 4.98 Å². The number of aryl methyl sites for hydroxylation is 1. The molecule has 0 spiro atoms. The lowest BCUT2D eigenvalue weighted by Gasteiger charge is -2.14. The zero-order chi connectivity index (χ0) is 14.8. The number of halogens is 1. The van der Waals surface area contributed by atoms with Gasteiger partial charge in [-0.1, -0.05) is 24.1 Å². The van der Waals surface area contributed by atoms with Gasteiger partial charge >= 0.3 is 0 Å². The quantitative estimate of drug-likeness (QED) is 0.838. The summed E-state index contributed by atoms with van der Waals surface area (Å²) in [6, 6.07) is 5.00. The molecule has 3 rings (SSSR count). The normalized spacial score (nSPS) is 15.7. The van der Waals surface area contributed by atoms with E-state index >= 15 is 0 Å². The molecule has 0 bridgehead atoms. The molecule has 21 heavy (non-hydrogen) atoms. The van der Waals surface area contributed by atoms with Gasteiger partial charge in [0.1, 0.15) is 10.3 Å². The first-order valence-electron chi connectivity index (χ1n) is 6.85. The molecule has 0 unspecified atom stereocenters. The lowest BCUT2D eigenvalue weighted by molar-refractivity contribution is 0.0925. The van der Waals surface area contributed by atoms with Gasteiger partial charge in [-0.3, -0.25) is 4.79 Å². The second-order valence-corrected chi connectivity index (χ2v) is 6.03. The molecule has 110 valence electrons. The van der Waals surface area contributed by atoms with Crippen molar-refractivity contribution < 1.29 is 9.32 Å². The molecule has 6 nitrogen and oxygen atoms in total. The third kappa shape index (κ3) is 3.66.